The summed E-state index contributed by atoms with van der Waals surface area (Å²) in [6.07, 6.45) is 0. The van der Waals surface area contributed by atoms with Crippen LogP contribution in [0.5, 0.6) is 0 Å². The van der Waals surface area contributed by atoms with Gasteiger partial charge in [0.15, 0.2) is 0 Å². The highest BCUT2D eigenvalue weighted by molar-refractivity contribution is 6.19. The van der Waals surface area contributed by atoms with Gasteiger partial charge in [0, 0.05) is 49.6 Å². The van der Waals surface area contributed by atoms with Gasteiger partial charge in [-0.3, -0.25) is 9.13 Å². The van der Waals surface area contributed by atoms with Gasteiger partial charge in [0.1, 0.15) is 5.82 Å². The van der Waals surface area contributed by atoms with Crippen molar-refractivity contribution in [1.82, 2.24) is 23.7 Å². The van der Waals surface area contributed by atoms with Crippen LogP contribution in [0.25, 0.3) is 139 Å². The minimum Gasteiger partial charge on any atom is -0.309 e. The van der Waals surface area contributed by atoms with Gasteiger partial charge in [0.25, 0.3) is 0 Å². The smallest absolute Gasteiger partial charge is 0.237 e. The lowest BCUT2D eigenvalue weighted by Gasteiger charge is -2.15. The Morgan fingerprint density at radius 2 is 0.560 bits per heavy atom. The van der Waals surface area contributed by atoms with Crippen molar-refractivity contribution < 1.29 is 0 Å². The molecule has 4 aromatic heterocycles. The van der Waals surface area contributed by atoms with Gasteiger partial charge in [-0.2, -0.15) is 4.98 Å². The number of benzene rings is 11. The summed E-state index contributed by atoms with van der Waals surface area (Å²) in [7, 11) is 0. The molecule has 75 heavy (non-hydrogen) atoms. The van der Waals surface area contributed by atoms with E-state index in [9.17, 15) is 0 Å². The molecular formula is C70H45N5. The molecule has 4 heterocycles. The number of hydrogen-bond donors (Lipinski definition) is 0. The lowest BCUT2D eigenvalue weighted by atomic mass is 9.95. The van der Waals surface area contributed by atoms with Gasteiger partial charge in [0.05, 0.1) is 38.8 Å². The molecule has 0 atom stereocenters. The number of para-hydroxylation sites is 4. The monoisotopic (exact) mass is 955 g/mol. The predicted molar refractivity (Wildman–Crippen MR) is 312 cm³/mol. The zero-order chi connectivity index (χ0) is 49.4. The summed E-state index contributed by atoms with van der Waals surface area (Å²) < 4.78 is 7.04. The Morgan fingerprint density at radius 1 is 0.213 bits per heavy atom. The van der Waals surface area contributed by atoms with Gasteiger partial charge >= 0.3 is 0 Å². The molecule has 0 unspecified atom stereocenters. The Bertz CT molecular complexity index is 4510. The molecule has 0 amide bonds. The van der Waals surface area contributed by atoms with Crippen molar-refractivity contribution in [3.8, 4) is 73.2 Å². The highest BCUT2D eigenvalue weighted by Gasteiger charge is 2.22. The third-order valence-electron chi connectivity index (χ3n) is 15.1. The van der Waals surface area contributed by atoms with E-state index in [0.29, 0.717) is 5.95 Å². The van der Waals surface area contributed by atoms with E-state index >= 15 is 0 Å². The topological polar surface area (TPSA) is 40.6 Å². The van der Waals surface area contributed by atoms with Crippen molar-refractivity contribution in [1.29, 1.82) is 0 Å². The van der Waals surface area contributed by atoms with E-state index in [1.165, 1.54) is 38.4 Å². The second-order valence-corrected chi connectivity index (χ2v) is 19.4. The number of hydrogen-bond acceptors (Lipinski definition) is 2. The maximum atomic E-state index is 5.57. The van der Waals surface area contributed by atoms with E-state index in [1.807, 2.05) is 0 Å². The maximum absolute atomic E-state index is 5.57. The first-order valence-corrected chi connectivity index (χ1v) is 25.6. The standard InChI is InChI=1S/C70H45N5/c1-4-18-46(19-5-1)48-32-36-50(37-33-48)53-40-54(51-38-34-49(35-39-51)47-20-6-2-7-21-47)42-55(41-53)73-63-28-14-12-26-58(63)60-44-68-61(43-67(60)73)59-27-13-15-29-64(59)74(68)69-45-62(52-22-8-3-9-23-52)71-70(72-69)75-65-30-16-10-24-56(65)57-25-11-17-31-66(57)75/h1-45H. The molecular weight excluding hydrogens is 911 g/mol. The highest BCUT2D eigenvalue weighted by atomic mass is 15.2. The lowest BCUT2D eigenvalue weighted by Crippen LogP contribution is -2.07. The molecule has 15 rings (SSSR count). The molecule has 0 aliphatic rings. The first-order valence-electron chi connectivity index (χ1n) is 25.6. The van der Waals surface area contributed by atoms with Crippen molar-refractivity contribution in [3.05, 3.63) is 273 Å². The number of rotatable bonds is 8. The predicted octanol–water partition coefficient (Wildman–Crippen LogP) is 18.1. The fourth-order valence-corrected chi connectivity index (χ4v) is 11.5. The second kappa shape index (κ2) is 17.3. The Morgan fingerprint density at radius 3 is 1.03 bits per heavy atom. The largest absolute Gasteiger partial charge is 0.309 e. The first-order chi connectivity index (χ1) is 37.2. The van der Waals surface area contributed by atoms with Gasteiger partial charge in [-0.25, -0.2) is 4.98 Å². The van der Waals surface area contributed by atoms with Gasteiger partial charge in [-0.1, -0.05) is 212 Å². The van der Waals surface area contributed by atoms with Crippen LogP contribution in [0, 0.1) is 0 Å². The Kier molecular flexibility index (Phi) is 9.82. The fraction of sp³-hybridized carbons (Fsp3) is 0. The molecule has 0 aliphatic heterocycles. The molecule has 0 saturated heterocycles. The molecule has 11 aromatic carbocycles. The second-order valence-electron chi connectivity index (χ2n) is 19.4. The zero-order valence-electron chi connectivity index (χ0n) is 40.7. The van der Waals surface area contributed by atoms with Crippen LogP contribution in [0.2, 0.25) is 0 Å². The normalized spacial score (nSPS) is 11.7. The van der Waals surface area contributed by atoms with Crippen LogP contribution in [-0.4, -0.2) is 23.7 Å². The van der Waals surface area contributed by atoms with Crippen molar-refractivity contribution >= 4 is 65.4 Å². The summed E-state index contributed by atoms with van der Waals surface area (Å²) >= 11 is 0. The fourth-order valence-electron chi connectivity index (χ4n) is 11.5. The van der Waals surface area contributed by atoms with Crippen LogP contribution >= 0.6 is 0 Å². The minimum absolute atomic E-state index is 0.618. The van der Waals surface area contributed by atoms with Gasteiger partial charge in [0.2, 0.25) is 5.95 Å². The number of aromatic nitrogens is 5. The van der Waals surface area contributed by atoms with Crippen LogP contribution in [0.4, 0.5) is 0 Å². The number of fused-ring (bicyclic) bond motifs is 9. The minimum atomic E-state index is 0.618. The molecule has 5 heteroatoms. The average molecular weight is 956 g/mol. The maximum Gasteiger partial charge on any atom is 0.237 e. The van der Waals surface area contributed by atoms with Crippen molar-refractivity contribution in [2.45, 2.75) is 0 Å². The molecule has 0 radical (unpaired) electrons. The highest BCUT2D eigenvalue weighted by Crippen LogP contribution is 2.42. The molecule has 0 N–H and O–H groups in total. The molecule has 0 spiro atoms. The quantitative estimate of drug-likeness (QED) is 0.152. The molecule has 0 aliphatic carbocycles. The van der Waals surface area contributed by atoms with Crippen LogP contribution in [0.15, 0.2) is 273 Å². The average Bonchev–Trinajstić information content (AvgIpc) is 4.12. The Labute approximate surface area is 433 Å². The van der Waals surface area contributed by atoms with Crippen molar-refractivity contribution in [2.75, 3.05) is 0 Å². The van der Waals surface area contributed by atoms with Crippen LogP contribution in [-0.2, 0) is 0 Å². The zero-order valence-corrected chi connectivity index (χ0v) is 40.7. The molecule has 15 aromatic rings. The summed E-state index contributed by atoms with van der Waals surface area (Å²) in [6.45, 7) is 0. The summed E-state index contributed by atoms with van der Waals surface area (Å²) in [5, 5.41) is 6.96. The van der Waals surface area contributed by atoms with E-state index in [2.05, 4.69) is 287 Å². The number of nitrogens with zero attached hydrogens (tertiary/aromatic N) is 5. The van der Waals surface area contributed by atoms with Crippen molar-refractivity contribution in [3.63, 3.8) is 0 Å². The third-order valence-corrected chi connectivity index (χ3v) is 15.1. The van der Waals surface area contributed by atoms with E-state index in [1.54, 1.807) is 0 Å². The van der Waals surface area contributed by atoms with Gasteiger partial charge in [-0.15, -0.1) is 0 Å². The molecule has 0 bridgehead atoms. The summed E-state index contributed by atoms with van der Waals surface area (Å²) in [5.41, 5.74) is 18.9. The van der Waals surface area contributed by atoms with Gasteiger partial charge in [-0.05, 0) is 99.1 Å². The molecule has 350 valence electrons. The Balaban J connectivity index is 0.963. The summed E-state index contributed by atoms with van der Waals surface area (Å²) in [4.78, 5) is 10.9. The Hall–Kier alpha value is -10.1. The summed E-state index contributed by atoms with van der Waals surface area (Å²) in [6, 6.07) is 98.4. The SMILES string of the molecule is c1ccc(-c2ccc(-c3cc(-c4ccc(-c5ccccc5)cc4)cc(-n4c5ccccc5c5cc6c(cc54)c4ccccc4n6-c4cc(-c5ccccc5)nc(-n5c6ccccc6c6ccccc65)n4)c3)cc2)cc1. The van der Waals surface area contributed by atoms with Crippen LogP contribution in [0.3, 0.4) is 0 Å². The van der Waals surface area contributed by atoms with Gasteiger partial charge < -0.3 is 4.57 Å². The van der Waals surface area contributed by atoms with E-state index in [-0.39, 0.29) is 0 Å². The van der Waals surface area contributed by atoms with E-state index in [4.69, 9.17) is 9.97 Å². The van der Waals surface area contributed by atoms with E-state index < -0.39 is 0 Å². The molecule has 0 saturated carbocycles. The van der Waals surface area contributed by atoms with Crippen molar-refractivity contribution in [2.24, 2.45) is 0 Å². The first kappa shape index (κ1) is 42.6. The third kappa shape index (κ3) is 7.08. The lowest BCUT2D eigenvalue weighted by molar-refractivity contribution is 0.952. The van der Waals surface area contributed by atoms with E-state index in [0.717, 1.165) is 94.3 Å². The van der Waals surface area contributed by atoms with Crippen LogP contribution in [0.1, 0.15) is 0 Å². The molecule has 5 nitrogen and oxygen atoms in total. The van der Waals surface area contributed by atoms with Crippen LogP contribution < -0.4 is 0 Å². The summed E-state index contributed by atoms with van der Waals surface area (Å²) in [5.74, 6) is 1.41. The molecule has 0 fully saturated rings.